The van der Waals surface area contributed by atoms with Crippen LogP contribution >= 0.6 is 0 Å². The summed E-state index contributed by atoms with van der Waals surface area (Å²) in [5.74, 6) is 0.514. The van der Waals surface area contributed by atoms with Crippen LogP contribution in [0.4, 0.5) is 5.69 Å². The second-order valence-electron chi connectivity index (χ2n) is 5.23. The van der Waals surface area contributed by atoms with Crippen molar-refractivity contribution >= 4 is 11.6 Å². The van der Waals surface area contributed by atoms with Crippen LogP contribution in [0.1, 0.15) is 11.6 Å². The third kappa shape index (κ3) is 3.43. The molecule has 22 heavy (non-hydrogen) atoms. The predicted octanol–water partition coefficient (Wildman–Crippen LogP) is 2.36. The molecule has 0 fully saturated rings. The summed E-state index contributed by atoms with van der Waals surface area (Å²) in [5, 5.41) is 0. The zero-order chi connectivity index (χ0) is 16.1. The SMILES string of the molecule is COc1ccc(N(C)C(=O)C(c2ccccc2)N(C)C)cn1. The molecule has 0 bridgehead atoms. The van der Waals surface area contributed by atoms with Gasteiger partial charge in [0.15, 0.2) is 0 Å². The smallest absolute Gasteiger partial charge is 0.248 e. The van der Waals surface area contributed by atoms with Gasteiger partial charge in [-0.15, -0.1) is 0 Å². The molecule has 1 heterocycles. The number of aromatic nitrogens is 1. The molecule has 5 nitrogen and oxygen atoms in total. The largest absolute Gasteiger partial charge is 0.481 e. The van der Waals surface area contributed by atoms with Gasteiger partial charge in [0.05, 0.1) is 19.0 Å². The fourth-order valence-corrected chi connectivity index (χ4v) is 2.30. The van der Waals surface area contributed by atoms with Crippen LogP contribution in [0.3, 0.4) is 0 Å². The zero-order valence-corrected chi connectivity index (χ0v) is 13.4. The van der Waals surface area contributed by atoms with E-state index in [1.807, 2.05) is 55.4 Å². The van der Waals surface area contributed by atoms with Crippen molar-refractivity contribution in [3.05, 3.63) is 54.2 Å². The predicted molar refractivity (Wildman–Crippen MR) is 87.1 cm³/mol. The van der Waals surface area contributed by atoms with Gasteiger partial charge in [0, 0.05) is 13.1 Å². The quantitative estimate of drug-likeness (QED) is 0.850. The molecule has 1 aromatic heterocycles. The number of ether oxygens (including phenoxy) is 1. The summed E-state index contributed by atoms with van der Waals surface area (Å²) in [7, 11) is 7.12. The van der Waals surface area contributed by atoms with Crippen LogP contribution in [-0.4, -0.2) is 44.0 Å². The molecule has 116 valence electrons. The topological polar surface area (TPSA) is 45.7 Å². The van der Waals surface area contributed by atoms with Gasteiger partial charge in [0.1, 0.15) is 6.04 Å². The molecule has 1 amide bonds. The van der Waals surface area contributed by atoms with E-state index < -0.39 is 0 Å². The van der Waals surface area contributed by atoms with E-state index in [-0.39, 0.29) is 11.9 Å². The highest BCUT2D eigenvalue weighted by molar-refractivity contribution is 5.97. The van der Waals surface area contributed by atoms with Crippen molar-refractivity contribution < 1.29 is 9.53 Å². The molecule has 2 aromatic rings. The Bertz CT molecular complexity index is 612. The summed E-state index contributed by atoms with van der Waals surface area (Å²) >= 11 is 0. The zero-order valence-electron chi connectivity index (χ0n) is 13.4. The minimum atomic E-state index is -0.340. The van der Waals surface area contributed by atoms with E-state index in [0.717, 1.165) is 11.3 Å². The van der Waals surface area contributed by atoms with Crippen molar-refractivity contribution in [2.45, 2.75) is 6.04 Å². The van der Waals surface area contributed by atoms with Gasteiger partial charge in [0.2, 0.25) is 11.8 Å². The van der Waals surface area contributed by atoms with Crippen molar-refractivity contribution in [1.82, 2.24) is 9.88 Å². The Hall–Kier alpha value is -2.40. The lowest BCUT2D eigenvalue weighted by molar-refractivity contribution is -0.122. The highest BCUT2D eigenvalue weighted by Crippen LogP contribution is 2.24. The monoisotopic (exact) mass is 299 g/mol. The molecule has 0 saturated carbocycles. The number of benzene rings is 1. The normalized spacial score (nSPS) is 12.0. The van der Waals surface area contributed by atoms with Crippen LogP contribution in [0.2, 0.25) is 0 Å². The Morgan fingerprint density at radius 1 is 1.09 bits per heavy atom. The first-order valence-corrected chi connectivity index (χ1v) is 7.03. The second-order valence-corrected chi connectivity index (χ2v) is 5.23. The van der Waals surface area contributed by atoms with Crippen LogP contribution in [0.25, 0.3) is 0 Å². The number of amides is 1. The van der Waals surface area contributed by atoms with Gasteiger partial charge >= 0.3 is 0 Å². The minimum Gasteiger partial charge on any atom is -0.481 e. The fourth-order valence-electron chi connectivity index (χ4n) is 2.30. The number of carbonyl (C=O) groups excluding carboxylic acids is 1. The Morgan fingerprint density at radius 3 is 2.27 bits per heavy atom. The summed E-state index contributed by atoms with van der Waals surface area (Å²) in [5.41, 5.74) is 1.69. The van der Waals surface area contributed by atoms with Gasteiger partial charge in [0.25, 0.3) is 0 Å². The summed E-state index contributed by atoms with van der Waals surface area (Å²) in [6.45, 7) is 0. The van der Waals surface area contributed by atoms with E-state index in [0.29, 0.717) is 5.88 Å². The number of hydrogen-bond donors (Lipinski definition) is 0. The van der Waals surface area contributed by atoms with Crippen LogP contribution in [-0.2, 0) is 4.79 Å². The van der Waals surface area contributed by atoms with Crippen LogP contribution < -0.4 is 9.64 Å². The van der Waals surface area contributed by atoms with E-state index in [1.54, 1.807) is 31.3 Å². The lowest BCUT2D eigenvalue weighted by atomic mass is 10.0. The molecular weight excluding hydrogens is 278 g/mol. The second kappa shape index (κ2) is 7.04. The van der Waals surface area contributed by atoms with Gasteiger partial charge in [-0.2, -0.15) is 0 Å². The summed E-state index contributed by atoms with van der Waals surface area (Å²) in [6.07, 6.45) is 1.63. The molecule has 1 aromatic carbocycles. The summed E-state index contributed by atoms with van der Waals surface area (Å²) < 4.78 is 5.04. The molecular formula is C17H21N3O2. The first-order chi connectivity index (χ1) is 10.5. The molecule has 1 unspecified atom stereocenters. The number of anilines is 1. The van der Waals surface area contributed by atoms with Crippen molar-refractivity contribution in [1.29, 1.82) is 0 Å². The number of methoxy groups -OCH3 is 1. The Balaban J connectivity index is 2.26. The number of pyridine rings is 1. The highest BCUT2D eigenvalue weighted by atomic mass is 16.5. The summed E-state index contributed by atoms with van der Waals surface area (Å²) in [4.78, 5) is 20.5. The molecule has 2 rings (SSSR count). The average Bonchev–Trinajstić information content (AvgIpc) is 2.55. The lowest BCUT2D eigenvalue weighted by Gasteiger charge is -2.28. The van der Waals surface area contributed by atoms with Crippen molar-refractivity contribution in [2.24, 2.45) is 0 Å². The minimum absolute atomic E-state index is 0.0110. The molecule has 0 aliphatic carbocycles. The van der Waals surface area contributed by atoms with Crippen molar-refractivity contribution in [3.63, 3.8) is 0 Å². The number of likely N-dealkylation sites (N-methyl/N-ethyl adjacent to an activating group) is 2. The van der Waals surface area contributed by atoms with E-state index in [9.17, 15) is 4.79 Å². The molecule has 0 spiro atoms. The van der Waals surface area contributed by atoms with Gasteiger partial charge in [-0.25, -0.2) is 4.98 Å². The lowest BCUT2D eigenvalue weighted by Crippen LogP contribution is -2.38. The van der Waals surface area contributed by atoms with Gasteiger partial charge < -0.3 is 9.64 Å². The maximum absolute atomic E-state index is 12.9. The number of carbonyl (C=O) groups is 1. The van der Waals surface area contributed by atoms with Crippen LogP contribution in [0.15, 0.2) is 48.7 Å². The molecule has 0 aliphatic heterocycles. The van der Waals surface area contributed by atoms with Crippen molar-refractivity contribution in [3.8, 4) is 5.88 Å². The third-order valence-electron chi connectivity index (χ3n) is 3.51. The maximum Gasteiger partial charge on any atom is 0.248 e. The van der Waals surface area contributed by atoms with Gasteiger partial charge in [-0.3, -0.25) is 9.69 Å². The van der Waals surface area contributed by atoms with Gasteiger partial charge in [-0.1, -0.05) is 30.3 Å². The third-order valence-corrected chi connectivity index (χ3v) is 3.51. The molecule has 0 N–H and O–H groups in total. The van der Waals surface area contributed by atoms with E-state index >= 15 is 0 Å². The number of hydrogen-bond acceptors (Lipinski definition) is 4. The summed E-state index contributed by atoms with van der Waals surface area (Å²) in [6, 6.07) is 13.0. The Morgan fingerprint density at radius 2 is 1.77 bits per heavy atom. The molecule has 0 aliphatic rings. The van der Waals surface area contributed by atoms with Crippen molar-refractivity contribution in [2.75, 3.05) is 33.2 Å². The Labute approximate surface area is 131 Å². The highest BCUT2D eigenvalue weighted by Gasteiger charge is 2.26. The fraction of sp³-hybridized carbons (Fsp3) is 0.294. The Kier molecular flexibility index (Phi) is 5.12. The van der Waals surface area contributed by atoms with Crippen LogP contribution in [0, 0.1) is 0 Å². The standard InChI is InChI=1S/C17H21N3O2/c1-19(2)16(13-8-6-5-7-9-13)17(21)20(3)14-10-11-15(22-4)18-12-14/h5-12,16H,1-4H3. The van der Waals surface area contributed by atoms with E-state index in [4.69, 9.17) is 4.74 Å². The number of rotatable bonds is 5. The molecule has 0 saturated heterocycles. The van der Waals surface area contributed by atoms with Gasteiger partial charge in [-0.05, 0) is 25.7 Å². The first kappa shape index (κ1) is 16.0. The van der Waals surface area contributed by atoms with E-state index in [1.165, 1.54) is 0 Å². The average molecular weight is 299 g/mol. The molecule has 0 radical (unpaired) electrons. The first-order valence-electron chi connectivity index (χ1n) is 7.03. The number of nitrogens with zero attached hydrogens (tertiary/aromatic N) is 3. The van der Waals surface area contributed by atoms with Crippen LogP contribution in [0.5, 0.6) is 5.88 Å². The maximum atomic E-state index is 12.9. The van der Waals surface area contributed by atoms with E-state index in [2.05, 4.69) is 4.98 Å². The molecule has 1 atom stereocenters. The molecule has 5 heteroatoms.